The summed E-state index contributed by atoms with van der Waals surface area (Å²) < 4.78 is 5.90. The van der Waals surface area contributed by atoms with E-state index in [1.807, 2.05) is 0 Å². The summed E-state index contributed by atoms with van der Waals surface area (Å²) in [5.74, 6) is 2.22. The highest BCUT2D eigenvalue weighted by atomic mass is 16.3. The Balaban J connectivity index is 1.54. The van der Waals surface area contributed by atoms with E-state index in [0.717, 1.165) is 30.7 Å². The lowest BCUT2D eigenvalue weighted by Gasteiger charge is -2.24. The minimum Gasteiger partial charge on any atom is -0.465 e. The first kappa shape index (κ1) is 14.2. The van der Waals surface area contributed by atoms with E-state index >= 15 is 0 Å². The van der Waals surface area contributed by atoms with E-state index in [4.69, 9.17) is 4.42 Å². The molecule has 0 atom stereocenters. The SMILES string of the molecule is Cc1oc(CNC2CC2)cc1CN1CCCCCCC1. The zero-order chi connectivity index (χ0) is 13.8. The summed E-state index contributed by atoms with van der Waals surface area (Å²) in [6.07, 6.45) is 9.60. The molecule has 1 N–H and O–H groups in total. The molecular formula is C17H28N2O. The van der Waals surface area contributed by atoms with E-state index in [-0.39, 0.29) is 0 Å². The highest BCUT2D eigenvalue weighted by molar-refractivity contribution is 5.21. The zero-order valence-electron chi connectivity index (χ0n) is 12.8. The predicted octanol–water partition coefficient (Wildman–Crippen LogP) is 3.61. The highest BCUT2D eigenvalue weighted by Crippen LogP contribution is 2.22. The van der Waals surface area contributed by atoms with Gasteiger partial charge in [0.15, 0.2) is 0 Å². The molecule has 0 radical (unpaired) electrons. The summed E-state index contributed by atoms with van der Waals surface area (Å²) in [4.78, 5) is 2.61. The van der Waals surface area contributed by atoms with Crippen molar-refractivity contribution in [3.63, 3.8) is 0 Å². The van der Waals surface area contributed by atoms with Gasteiger partial charge in [-0.1, -0.05) is 19.3 Å². The van der Waals surface area contributed by atoms with Gasteiger partial charge < -0.3 is 9.73 Å². The molecule has 3 heteroatoms. The summed E-state index contributed by atoms with van der Waals surface area (Å²) in [7, 11) is 0. The molecule has 1 aromatic heterocycles. The molecule has 1 aliphatic heterocycles. The monoisotopic (exact) mass is 276 g/mol. The number of furan rings is 1. The van der Waals surface area contributed by atoms with Crippen LogP contribution >= 0.6 is 0 Å². The lowest BCUT2D eigenvalue weighted by atomic mass is 10.1. The Morgan fingerprint density at radius 3 is 2.55 bits per heavy atom. The molecule has 112 valence electrons. The molecule has 0 amide bonds. The van der Waals surface area contributed by atoms with Gasteiger partial charge in [-0.3, -0.25) is 4.90 Å². The Kier molecular flexibility index (Phi) is 4.79. The number of hydrogen-bond donors (Lipinski definition) is 1. The quantitative estimate of drug-likeness (QED) is 0.890. The number of rotatable bonds is 5. The highest BCUT2D eigenvalue weighted by Gasteiger charge is 2.21. The lowest BCUT2D eigenvalue weighted by Crippen LogP contribution is -2.26. The third-order valence-electron chi connectivity index (χ3n) is 4.56. The van der Waals surface area contributed by atoms with E-state index in [9.17, 15) is 0 Å². The lowest BCUT2D eigenvalue weighted by molar-refractivity contribution is 0.238. The molecule has 0 aromatic carbocycles. The van der Waals surface area contributed by atoms with Gasteiger partial charge in [-0.15, -0.1) is 0 Å². The van der Waals surface area contributed by atoms with Gasteiger partial charge in [0.1, 0.15) is 11.5 Å². The van der Waals surface area contributed by atoms with Crippen molar-refractivity contribution in [1.29, 1.82) is 0 Å². The van der Waals surface area contributed by atoms with E-state index in [1.54, 1.807) is 0 Å². The first-order valence-electron chi connectivity index (χ1n) is 8.35. The molecule has 1 aromatic rings. The maximum Gasteiger partial charge on any atom is 0.118 e. The largest absolute Gasteiger partial charge is 0.465 e. The summed E-state index contributed by atoms with van der Waals surface area (Å²) in [6.45, 7) is 6.57. The minimum absolute atomic E-state index is 0.748. The van der Waals surface area contributed by atoms with Crippen molar-refractivity contribution in [3.05, 3.63) is 23.2 Å². The van der Waals surface area contributed by atoms with Crippen molar-refractivity contribution < 1.29 is 4.42 Å². The maximum atomic E-state index is 5.90. The minimum atomic E-state index is 0.748. The van der Waals surface area contributed by atoms with Crippen LogP contribution in [0.1, 0.15) is 62.0 Å². The Bertz CT molecular complexity index is 415. The van der Waals surface area contributed by atoms with Crippen LogP contribution in [0.4, 0.5) is 0 Å². The van der Waals surface area contributed by atoms with Crippen LogP contribution < -0.4 is 5.32 Å². The van der Waals surface area contributed by atoms with Crippen LogP contribution in [0.3, 0.4) is 0 Å². The number of hydrogen-bond acceptors (Lipinski definition) is 3. The van der Waals surface area contributed by atoms with Crippen LogP contribution in [0.5, 0.6) is 0 Å². The van der Waals surface area contributed by atoms with Gasteiger partial charge in [0, 0.05) is 18.2 Å². The van der Waals surface area contributed by atoms with Gasteiger partial charge in [-0.05, 0) is 51.8 Å². The topological polar surface area (TPSA) is 28.4 Å². The van der Waals surface area contributed by atoms with Crippen molar-refractivity contribution in [3.8, 4) is 0 Å². The van der Waals surface area contributed by atoms with Gasteiger partial charge in [0.2, 0.25) is 0 Å². The number of likely N-dealkylation sites (tertiary alicyclic amines) is 1. The van der Waals surface area contributed by atoms with Crippen LogP contribution in [0, 0.1) is 6.92 Å². The van der Waals surface area contributed by atoms with E-state index in [1.165, 1.54) is 63.6 Å². The van der Waals surface area contributed by atoms with Gasteiger partial charge in [-0.2, -0.15) is 0 Å². The van der Waals surface area contributed by atoms with Gasteiger partial charge >= 0.3 is 0 Å². The number of nitrogens with zero attached hydrogens (tertiary/aromatic N) is 1. The average Bonchev–Trinajstić information content (AvgIpc) is 3.16. The normalized spacial score (nSPS) is 21.6. The second-order valence-electron chi connectivity index (χ2n) is 6.49. The van der Waals surface area contributed by atoms with Gasteiger partial charge in [0.05, 0.1) is 6.54 Å². The fourth-order valence-electron chi connectivity index (χ4n) is 3.08. The molecule has 1 saturated heterocycles. The third kappa shape index (κ3) is 4.10. The standard InChI is InChI=1S/C17H28N2O/c1-14-15(11-17(20-14)12-18-16-7-8-16)13-19-9-5-3-2-4-6-10-19/h11,16,18H,2-10,12-13H2,1H3. The van der Waals surface area contributed by atoms with Crippen molar-refractivity contribution in [2.24, 2.45) is 0 Å². The van der Waals surface area contributed by atoms with E-state index in [2.05, 4.69) is 23.2 Å². The molecule has 0 bridgehead atoms. The molecule has 1 saturated carbocycles. The van der Waals surface area contributed by atoms with E-state index in [0.29, 0.717) is 0 Å². The zero-order valence-corrected chi connectivity index (χ0v) is 12.8. The van der Waals surface area contributed by atoms with E-state index < -0.39 is 0 Å². The summed E-state index contributed by atoms with van der Waals surface area (Å²) in [6, 6.07) is 3.02. The summed E-state index contributed by atoms with van der Waals surface area (Å²) in [5, 5.41) is 3.53. The van der Waals surface area contributed by atoms with Crippen LogP contribution in [-0.2, 0) is 13.1 Å². The molecule has 2 heterocycles. The summed E-state index contributed by atoms with van der Waals surface area (Å²) >= 11 is 0. The predicted molar refractivity (Wildman–Crippen MR) is 81.7 cm³/mol. The molecular weight excluding hydrogens is 248 g/mol. The van der Waals surface area contributed by atoms with Crippen molar-refractivity contribution in [2.75, 3.05) is 13.1 Å². The van der Waals surface area contributed by atoms with Crippen LogP contribution in [0.2, 0.25) is 0 Å². The molecule has 20 heavy (non-hydrogen) atoms. The van der Waals surface area contributed by atoms with Gasteiger partial charge in [-0.25, -0.2) is 0 Å². The van der Waals surface area contributed by atoms with Crippen molar-refractivity contribution in [1.82, 2.24) is 10.2 Å². The Morgan fingerprint density at radius 1 is 1.15 bits per heavy atom. The molecule has 1 aliphatic carbocycles. The Morgan fingerprint density at radius 2 is 1.85 bits per heavy atom. The van der Waals surface area contributed by atoms with Crippen LogP contribution in [-0.4, -0.2) is 24.0 Å². The number of aryl methyl sites for hydroxylation is 1. The molecule has 2 aliphatic rings. The molecule has 2 fully saturated rings. The smallest absolute Gasteiger partial charge is 0.118 e. The number of nitrogens with one attached hydrogen (secondary N) is 1. The van der Waals surface area contributed by atoms with Crippen LogP contribution in [0.25, 0.3) is 0 Å². The Labute approximate surface area is 122 Å². The van der Waals surface area contributed by atoms with Gasteiger partial charge in [0.25, 0.3) is 0 Å². The van der Waals surface area contributed by atoms with Crippen molar-refractivity contribution in [2.45, 2.75) is 71.0 Å². The fraction of sp³-hybridized carbons (Fsp3) is 0.765. The summed E-state index contributed by atoms with van der Waals surface area (Å²) in [5.41, 5.74) is 1.39. The second kappa shape index (κ2) is 6.77. The first-order valence-corrected chi connectivity index (χ1v) is 8.35. The third-order valence-corrected chi connectivity index (χ3v) is 4.56. The van der Waals surface area contributed by atoms with Crippen LogP contribution in [0.15, 0.2) is 10.5 Å². The first-order chi connectivity index (χ1) is 9.81. The molecule has 3 rings (SSSR count). The maximum absolute atomic E-state index is 5.90. The molecule has 3 nitrogen and oxygen atoms in total. The van der Waals surface area contributed by atoms with Crippen molar-refractivity contribution >= 4 is 0 Å². The average molecular weight is 276 g/mol. The Hall–Kier alpha value is -0.800. The molecule has 0 unspecified atom stereocenters. The molecule has 0 spiro atoms. The fourth-order valence-corrected chi connectivity index (χ4v) is 3.08. The second-order valence-corrected chi connectivity index (χ2v) is 6.49.